The number of likely N-dealkylation sites (N-methyl/N-ethyl adjacent to an activating group) is 1. The quantitative estimate of drug-likeness (QED) is 0.887. The van der Waals surface area contributed by atoms with Gasteiger partial charge in [-0.3, -0.25) is 9.69 Å². The second kappa shape index (κ2) is 4.47. The van der Waals surface area contributed by atoms with E-state index in [0.29, 0.717) is 10.9 Å². The van der Waals surface area contributed by atoms with Gasteiger partial charge in [-0.2, -0.15) is 0 Å². The molecule has 0 radical (unpaired) electrons. The highest BCUT2D eigenvalue weighted by atomic mass is 35.5. The van der Waals surface area contributed by atoms with Crippen LogP contribution in [0.3, 0.4) is 0 Å². The molecular weight excluding hydrogens is 236 g/mol. The van der Waals surface area contributed by atoms with Crippen LogP contribution in [-0.2, 0) is 11.3 Å². The van der Waals surface area contributed by atoms with Gasteiger partial charge in [0.1, 0.15) is 14.9 Å². The summed E-state index contributed by atoms with van der Waals surface area (Å²) in [4.78, 5) is 16.8. The lowest BCUT2D eigenvalue weighted by atomic mass is 10.0. The van der Waals surface area contributed by atoms with Crippen molar-refractivity contribution < 1.29 is 9.90 Å². The van der Waals surface area contributed by atoms with Crippen molar-refractivity contribution in [1.29, 1.82) is 0 Å². The van der Waals surface area contributed by atoms with Crippen molar-refractivity contribution in [2.45, 2.75) is 25.9 Å². The monoisotopic (exact) mass is 248 g/mol. The fourth-order valence-electron chi connectivity index (χ4n) is 0.925. The number of rotatable bonds is 4. The summed E-state index contributed by atoms with van der Waals surface area (Å²) in [7, 11) is 1.75. The molecule has 1 aromatic rings. The third-order valence-electron chi connectivity index (χ3n) is 2.38. The molecule has 0 spiro atoms. The number of nitrogens with zero attached hydrogens (tertiary/aromatic N) is 2. The van der Waals surface area contributed by atoms with Crippen molar-refractivity contribution >= 4 is 28.9 Å². The van der Waals surface area contributed by atoms with Gasteiger partial charge < -0.3 is 5.11 Å². The van der Waals surface area contributed by atoms with Crippen LogP contribution in [0.4, 0.5) is 0 Å². The molecule has 0 aliphatic carbocycles. The minimum Gasteiger partial charge on any atom is -0.480 e. The predicted octanol–water partition coefficient (Wildman–Crippen LogP) is 2.09. The minimum atomic E-state index is -0.905. The number of aliphatic carboxylic acids is 1. The van der Waals surface area contributed by atoms with Crippen LogP contribution in [0.1, 0.15) is 18.9 Å². The summed E-state index contributed by atoms with van der Waals surface area (Å²) >= 11 is 7.11. The number of hydrogen-bond acceptors (Lipinski definition) is 4. The van der Waals surface area contributed by atoms with Crippen molar-refractivity contribution in [3.8, 4) is 0 Å². The Kier molecular flexibility index (Phi) is 3.70. The Morgan fingerprint density at radius 1 is 1.73 bits per heavy atom. The molecule has 4 nitrogen and oxygen atoms in total. The fraction of sp³-hybridized carbons (Fsp3) is 0.556. The molecule has 0 bridgehead atoms. The van der Waals surface area contributed by atoms with Gasteiger partial charge >= 0.3 is 5.97 Å². The number of hydrogen-bond donors (Lipinski definition) is 1. The summed E-state index contributed by atoms with van der Waals surface area (Å²) in [6.07, 6.45) is 1.57. The molecule has 0 atom stereocenters. The SMILES string of the molecule is CN(Cc1ncc(Cl)s1)C(C)(C)C(=O)O. The molecule has 0 saturated carbocycles. The molecule has 0 fully saturated rings. The summed E-state index contributed by atoms with van der Waals surface area (Å²) < 4.78 is 0.617. The van der Waals surface area contributed by atoms with Gasteiger partial charge in [0.2, 0.25) is 0 Å². The lowest BCUT2D eigenvalue weighted by Crippen LogP contribution is -2.47. The molecule has 84 valence electrons. The summed E-state index contributed by atoms with van der Waals surface area (Å²) in [6.45, 7) is 3.80. The summed E-state index contributed by atoms with van der Waals surface area (Å²) in [5.41, 5.74) is -0.905. The summed E-state index contributed by atoms with van der Waals surface area (Å²) in [5.74, 6) is -0.854. The minimum absolute atomic E-state index is 0.483. The third kappa shape index (κ3) is 2.90. The average Bonchev–Trinajstić information content (AvgIpc) is 2.50. The zero-order valence-corrected chi connectivity index (χ0v) is 10.4. The van der Waals surface area contributed by atoms with E-state index in [1.807, 2.05) is 0 Å². The van der Waals surface area contributed by atoms with E-state index in [9.17, 15) is 4.79 Å². The second-order valence-electron chi connectivity index (χ2n) is 3.78. The molecule has 1 heterocycles. The number of halogens is 1. The first-order valence-corrected chi connectivity index (χ1v) is 5.58. The summed E-state index contributed by atoms with van der Waals surface area (Å²) in [6, 6.07) is 0. The molecule has 0 aliphatic heterocycles. The van der Waals surface area contributed by atoms with Gasteiger partial charge in [0.25, 0.3) is 0 Å². The Labute approximate surface area is 97.5 Å². The Morgan fingerprint density at radius 2 is 2.33 bits per heavy atom. The Bertz CT molecular complexity index is 365. The zero-order chi connectivity index (χ0) is 11.6. The first-order valence-electron chi connectivity index (χ1n) is 4.39. The lowest BCUT2D eigenvalue weighted by Gasteiger charge is -2.30. The van der Waals surface area contributed by atoms with Gasteiger partial charge in [0, 0.05) is 0 Å². The van der Waals surface area contributed by atoms with E-state index >= 15 is 0 Å². The molecule has 15 heavy (non-hydrogen) atoms. The highest BCUT2D eigenvalue weighted by Crippen LogP contribution is 2.22. The van der Waals surface area contributed by atoms with Crippen molar-refractivity contribution in [3.05, 3.63) is 15.5 Å². The number of carboxylic acids is 1. The molecule has 0 unspecified atom stereocenters. The average molecular weight is 249 g/mol. The van der Waals surface area contributed by atoms with Crippen LogP contribution in [0.15, 0.2) is 6.20 Å². The van der Waals surface area contributed by atoms with Crippen LogP contribution in [0.2, 0.25) is 4.34 Å². The van der Waals surface area contributed by atoms with Crippen LogP contribution in [0, 0.1) is 0 Å². The maximum absolute atomic E-state index is 11.0. The van der Waals surface area contributed by atoms with Crippen molar-refractivity contribution in [2.24, 2.45) is 0 Å². The topological polar surface area (TPSA) is 53.4 Å². The molecule has 0 aromatic carbocycles. The Morgan fingerprint density at radius 3 is 2.73 bits per heavy atom. The van der Waals surface area contributed by atoms with Gasteiger partial charge in [-0.1, -0.05) is 11.6 Å². The van der Waals surface area contributed by atoms with E-state index < -0.39 is 11.5 Å². The van der Waals surface area contributed by atoms with E-state index in [4.69, 9.17) is 16.7 Å². The summed E-state index contributed by atoms with van der Waals surface area (Å²) in [5, 5.41) is 9.83. The van der Waals surface area contributed by atoms with Crippen molar-refractivity contribution in [1.82, 2.24) is 9.88 Å². The van der Waals surface area contributed by atoms with Crippen molar-refractivity contribution in [2.75, 3.05) is 7.05 Å². The Balaban J connectivity index is 2.71. The first kappa shape index (κ1) is 12.4. The van der Waals surface area contributed by atoms with Gasteiger partial charge in [-0.15, -0.1) is 11.3 Å². The lowest BCUT2D eigenvalue weighted by molar-refractivity contribution is -0.148. The normalized spacial score (nSPS) is 12.1. The molecule has 0 aliphatic rings. The first-order chi connectivity index (χ1) is 6.84. The third-order valence-corrected chi connectivity index (χ3v) is 3.48. The number of carboxylic acid groups (broad SMARTS) is 1. The van der Waals surface area contributed by atoms with Crippen LogP contribution in [0.5, 0.6) is 0 Å². The van der Waals surface area contributed by atoms with E-state index in [1.165, 1.54) is 11.3 Å². The van der Waals surface area contributed by atoms with Gasteiger partial charge in [0.15, 0.2) is 0 Å². The Hall–Kier alpha value is -0.650. The van der Waals surface area contributed by atoms with Crippen LogP contribution in [-0.4, -0.2) is 33.5 Å². The molecule has 0 amide bonds. The van der Waals surface area contributed by atoms with Crippen molar-refractivity contribution in [3.63, 3.8) is 0 Å². The molecular formula is C9H13ClN2O2S. The standard InChI is InChI=1S/C9H13ClN2O2S/c1-9(2,8(13)14)12(3)5-7-11-4-6(10)15-7/h4H,5H2,1-3H3,(H,13,14). The van der Waals surface area contributed by atoms with E-state index in [0.717, 1.165) is 5.01 Å². The fourth-order valence-corrected chi connectivity index (χ4v) is 1.93. The second-order valence-corrected chi connectivity index (χ2v) is 5.52. The highest BCUT2D eigenvalue weighted by molar-refractivity contribution is 7.15. The molecule has 0 saturated heterocycles. The number of thiazole rings is 1. The van der Waals surface area contributed by atoms with Gasteiger partial charge in [-0.25, -0.2) is 4.98 Å². The predicted molar refractivity (Wildman–Crippen MR) is 60.3 cm³/mol. The maximum atomic E-state index is 11.0. The zero-order valence-electron chi connectivity index (χ0n) is 8.82. The smallest absolute Gasteiger partial charge is 0.323 e. The van der Waals surface area contributed by atoms with Crippen LogP contribution < -0.4 is 0 Å². The largest absolute Gasteiger partial charge is 0.480 e. The maximum Gasteiger partial charge on any atom is 0.323 e. The molecule has 1 N–H and O–H groups in total. The van der Waals surface area contributed by atoms with E-state index in [-0.39, 0.29) is 0 Å². The van der Waals surface area contributed by atoms with Crippen LogP contribution >= 0.6 is 22.9 Å². The molecule has 1 aromatic heterocycles. The molecule has 6 heteroatoms. The van der Waals surface area contributed by atoms with Gasteiger partial charge in [0.05, 0.1) is 12.7 Å². The van der Waals surface area contributed by atoms with E-state index in [2.05, 4.69) is 4.98 Å². The number of aromatic nitrogens is 1. The number of carbonyl (C=O) groups is 1. The van der Waals surface area contributed by atoms with Gasteiger partial charge in [-0.05, 0) is 20.9 Å². The highest BCUT2D eigenvalue weighted by Gasteiger charge is 2.32. The van der Waals surface area contributed by atoms with E-state index in [1.54, 1.807) is 32.0 Å². The van der Waals surface area contributed by atoms with Crippen LogP contribution in [0.25, 0.3) is 0 Å². The molecule has 1 rings (SSSR count).